The number of carbonyl (C=O) groups excluding carboxylic acids is 1. The Bertz CT molecular complexity index is 671. The Morgan fingerprint density at radius 2 is 2.43 bits per heavy atom. The van der Waals surface area contributed by atoms with Gasteiger partial charge in [0.1, 0.15) is 17.7 Å². The fraction of sp³-hybridized carbons (Fsp3) is 0.500. The van der Waals surface area contributed by atoms with Crippen LogP contribution in [0.15, 0.2) is 18.6 Å². The number of aliphatic hydroxyl groups is 1. The minimum atomic E-state index is -0.634. The van der Waals surface area contributed by atoms with Crippen molar-refractivity contribution in [1.82, 2.24) is 19.9 Å². The second-order valence-electron chi connectivity index (χ2n) is 5.59. The minimum absolute atomic E-state index is 0.0744. The quantitative estimate of drug-likeness (QED) is 0.862. The molecular weight excluding hydrogens is 272 g/mol. The molecule has 0 saturated carbocycles. The van der Waals surface area contributed by atoms with Crippen molar-refractivity contribution in [1.29, 1.82) is 0 Å². The average Bonchev–Trinajstić information content (AvgIpc) is 3.10. The van der Waals surface area contributed by atoms with Crippen LogP contribution in [0.1, 0.15) is 23.8 Å². The van der Waals surface area contributed by atoms with Gasteiger partial charge in [0.05, 0.1) is 23.6 Å². The number of hydrogen-bond donors (Lipinski definition) is 2. The highest BCUT2D eigenvalue weighted by atomic mass is 16.5. The highest BCUT2D eigenvalue weighted by Gasteiger charge is 2.45. The highest BCUT2D eigenvalue weighted by Crippen LogP contribution is 2.32. The minimum Gasteiger partial charge on any atom is -0.394 e. The second-order valence-corrected chi connectivity index (χ2v) is 5.59. The van der Waals surface area contributed by atoms with Crippen LogP contribution >= 0.6 is 0 Å². The third-order valence-electron chi connectivity index (χ3n) is 4.18. The maximum absolute atomic E-state index is 12.8. The SMILES string of the molecule is COC1CN(C(=O)c2ncnc3[nH]ccc23)C(C)(CO)C1. The highest BCUT2D eigenvalue weighted by molar-refractivity contribution is 6.04. The van der Waals surface area contributed by atoms with Gasteiger partial charge in [0.2, 0.25) is 0 Å². The number of rotatable bonds is 3. The molecule has 0 radical (unpaired) electrons. The number of nitrogens with one attached hydrogen (secondary N) is 1. The van der Waals surface area contributed by atoms with E-state index in [0.717, 1.165) is 0 Å². The smallest absolute Gasteiger partial charge is 0.273 e. The van der Waals surface area contributed by atoms with Gasteiger partial charge in [0, 0.05) is 26.3 Å². The number of H-pyrrole nitrogens is 1. The molecule has 3 heterocycles. The molecule has 21 heavy (non-hydrogen) atoms. The van der Waals surface area contributed by atoms with Crippen molar-refractivity contribution < 1.29 is 14.6 Å². The van der Waals surface area contributed by atoms with Gasteiger partial charge in [-0.3, -0.25) is 4.79 Å². The fourth-order valence-electron chi connectivity index (χ4n) is 2.90. The third-order valence-corrected chi connectivity index (χ3v) is 4.18. The Hall–Kier alpha value is -1.99. The molecule has 1 fully saturated rings. The first-order chi connectivity index (χ1) is 10.1. The van der Waals surface area contributed by atoms with E-state index in [9.17, 15) is 9.90 Å². The zero-order valence-electron chi connectivity index (χ0n) is 12.0. The molecule has 112 valence electrons. The number of fused-ring (bicyclic) bond motifs is 1. The van der Waals surface area contributed by atoms with Gasteiger partial charge in [0.25, 0.3) is 5.91 Å². The summed E-state index contributed by atoms with van der Waals surface area (Å²) in [5, 5.41) is 10.4. The summed E-state index contributed by atoms with van der Waals surface area (Å²) in [7, 11) is 1.62. The van der Waals surface area contributed by atoms with Crippen molar-refractivity contribution in [3.05, 3.63) is 24.3 Å². The Labute approximate surface area is 122 Å². The van der Waals surface area contributed by atoms with Crippen molar-refractivity contribution in [2.75, 3.05) is 20.3 Å². The lowest BCUT2D eigenvalue weighted by molar-refractivity contribution is 0.0467. The summed E-state index contributed by atoms with van der Waals surface area (Å²) < 4.78 is 5.35. The normalized spacial score (nSPS) is 25.7. The van der Waals surface area contributed by atoms with Crippen molar-refractivity contribution in [2.45, 2.75) is 25.0 Å². The monoisotopic (exact) mass is 290 g/mol. The van der Waals surface area contributed by atoms with E-state index in [1.807, 2.05) is 6.92 Å². The molecule has 2 aromatic heterocycles. The Morgan fingerprint density at radius 1 is 1.62 bits per heavy atom. The van der Waals surface area contributed by atoms with Crippen LogP contribution in [0.25, 0.3) is 11.0 Å². The number of ether oxygens (including phenoxy) is 1. The van der Waals surface area contributed by atoms with Crippen LogP contribution in [-0.2, 0) is 4.74 Å². The number of methoxy groups -OCH3 is 1. The van der Waals surface area contributed by atoms with Crippen LogP contribution in [0.3, 0.4) is 0 Å². The fourth-order valence-corrected chi connectivity index (χ4v) is 2.90. The summed E-state index contributed by atoms with van der Waals surface area (Å²) in [6.45, 7) is 2.20. The van der Waals surface area contributed by atoms with E-state index in [1.54, 1.807) is 24.3 Å². The average molecular weight is 290 g/mol. The number of nitrogens with zero attached hydrogens (tertiary/aromatic N) is 3. The van der Waals surface area contributed by atoms with Crippen LogP contribution in [0.2, 0.25) is 0 Å². The molecule has 0 aliphatic carbocycles. The number of amides is 1. The van der Waals surface area contributed by atoms with Gasteiger partial charge in [-0.05, 0) is 13.0 Å². The lowest BCUT2D eigenvalue weighted by Gasteiger charge is -2.32. The van der Waals surface area contributed by atoms with Crippen molar-refractivity contribution >= 4 is 16.9 Å². The lowest BCUT2D eigenvalue weighted by atomic mass is 9.99. The van der Waals surface area contributed by atoms with Gasteiger partial charge in [-0.1, -0.05) is 0 Å². The molecule has 1 amide bonds. The van der Waals surface area contributed by atoms with Crippen LogP contribution in [0.4, 0.5) is 0 Å². The standard InChI is InChI=1S/C14H18N4O3/c1-14(7-19)5-9(21-2)6-18(14)13(20)11-10-3-4-15-12(10)17-8-16-11/h3-4,8-9,19H,5-7H2,1-2H3,(H,15,16,17). The van der Waals surface area contributed by atoms with Crippen LogP contribution in [0, 0.1) is 0 Å². The molecular formula is C14H18N4O3. The van der Waals surface area contributed by atoms with Crippen LogP contribution in [0.5, 0.6) is 0 Å². The summed E-state index contributed by atoms with van der Waals surface area (Å²) in [6.07, 6.45) is 3.62. The third kappa shape index (κ3) is 2.18. The maximum atomic E-state index is 12.8. The molecule has 1 aliphatic heterocycles. The molecule has 3 rings (SSSR count). The summed E-state index contributed by atoms with van der Waals surface area (Å²) in [4.78, 5) is 25.7. The van der Waals surface area contributed by atoms with Gasteiger partial charge in [-0.25, -0.2) is 9.97 Å². The summed E-state index contributed by atoms with van der Waals surface area (Å²) in [5.74, 6) is -0.210. The van der Waals surface area contributed by atoms with E-state index in [0.29, 0.717) is 29.7 Å². The number of carbonyl (C=O) groups is 1. The van der Waals surface area contributed by atoms with E-state index < -0.39 is 5.54 Å². The Morgan fingerprint density at radius 3 is 3.14 bits per heavy atom. The van der Waals surface area contributed by atoms with Gasteiger partial charge in [-0.15, -0.1) is 0 Å². The molecule has 7 nitrogen and oxygen atoms in total. The molecule has 2 atom stereocenters. The van der Waals surface area contributed by atoms with Gasteiger partial charge in [0.15, 0.2) is 0 Å². The zero-order chi connectivity index (χ0) is 15.0. The molecule has 0 aromatic carbocycles. The largest absolute Gasteiger partial charge is 0.394 e. The first-order valence-electron chi connectivity index (χ1n) is 6.83. The van der Waals surface area contributed by atoms with Gasteiger partial charge >= 0.3 is 0 Å². The molecule has 1 aliphatic rings. The van der Waals surface area contributed by atoms with Gasteiger partial charge < -0.3 is 19.7 Å². The van der Waals surface area contributed by atoms with Crippen LogP contribution < -0.4 is 0 Å². The molecule has 0 spiro atoms. The molecule has 1 saturated heterocycles. The topological polar surface area (TPSA) is 91.3 Å². The number of aliphatic hydroxyl groups excluding tert-OH is 1. The molecule has 7 heteroatoms. The number of aromatic amines is 1. The first-order valence-corrected chi connectivity index (χ1v) is 6.83. The molecule has 0 bridgehead atoms. The number of likely N-dealkylation sites (tertiary alicyclic amines) is 1. The van der Waals surface area contributed by atoms with Gasteiger partial charge in [-0.2, -0.15) is 0 Å². The van der Waals surface area contributed by atoms with E-state index in [2.05, 4.69) is 15.0 Å². The molecule has 2 N–H and O–H groups in total. The molecule has 2 unspecified atom stereocenters. The summed E-state index contributed by atoms with van der Waals surface area (Å²) in [5.41, 5.74) is 0.338. The van der Waals surface area contributed by atoms with Crippen LogP contribution in [-0.4, -0.2) is 62.8 Å². The predicted octanol–water partition coefficient (Wildman–Crippen LogP) is 0.570. The lowest BCUT2D eigenvalue weighted by Crippen LogP contribution is -2.48. The Kier molecular flexibility index (Phi) is 3.38. The van der Waals surface area contributed by atoms with E-state index in [-0.39, 0.29) is 18.6 Å². The number of aromatic nitrogens is 3. The Balaban J connectivity index is 1.99. The zero-order valence-corrected chi connectivity index (χ0v) is 12.0. The van der Waals surface area contributed by atoms with Crippen molar-refractivity contribution in [3.63, 3.8) is 0 Å². The second kappa shape index (κ2) is 5.09. The van der Waals surface area contributed by atoms with E-state index in [4.69, 9.17) is 4.74 Å². The molecule has 2 aromatic rings. The first kappa shape index (κ1) is 14.0. The summed E-state index contributed by atoms with van der Waals surface area (Å²) in [6, 6.07) is 1.78. The van der Waals surface area contributed by atoms with E-state index >= 15 is 0 Å². The van der Waals surface area contributed by atoms with Crippen molar-refractivity contribution in [2.24, 2.45) is 0 Å². The predicted molar refractivity (Wildman–Crippen MR) is 75.8 cm³/mol. The van der Waals surface area contributed by atoms with E-state index in [1.165, 1.54) is 6.33 Å². The van der Waals surface area contributed by atoms with Crippen molar-refractivity contribution in [3.8, 4) is 0 Å². The summed E-state index contributed by atoms with van der Waals surface area (Å²) >= 11 is 0. The maximum Gasteiger partial charge on any atom is 0.273 e. The number of hydrogen-bond acceptors (Lipinski definition) is 5.